The maximum atomic E-state index is 10.6. The quantitative estimate of drug-likeness (QED) is 0.558. The molecule has 0 aliphatic carbocycles. The van der Waals surface area contributed by atoms with E-state index in [1.165, 1.54) is 6.92 Å². The van der Waals surface area contributed by atoms with Crippen molar-refractivity contribution < 1.29 is 18.1 Å². The molecule has 0 spiro atoms. The molecule has 0 heterocycles. The van der Waals surface area contributed by atoms with E-state index in [1.54, 1.807) is 0 Å². The van der Waals surface area contributed by atoms with Crippen LogP contribution in [0.4, 0.5) is 0 Å². The third-order valence-electron chi connectivity index (χ3n) is 1.77. The van der Waals surface area contributed by atoms with Gasteiger partial charge in [0.1, 0.15) is 0 Å². The van der Waals surface area contributed by atoms with Crippen LogP contribution in [0.3, 0.4) is 0 Å². The Morgan fingerprint density at radius 1 is 1.46 bits per heavy atom. The summed E-state index contributed by atoms with van der Waals surface area (Å²) in [6.45, 7) is 5.38. The van der Waals surface area contributed by atoms with Crippen molar-refractivity contribution in [2.45, 2.75) is 35.4 Å². The zero-order valence-electron chi connectivity index (χ0n) is 8.11. The molecule has 2 atom stereocenters. The number of aliphatic hydroxyl groups excluding tert-OH is 1. The Kier molecular flexibility index (Phi) is 4.94. The number of hydrogen-bond donors (Lipinski definition) is 2. The molecule has 13 heavy (non-hydrogen) atoms. The van der Waals surface area contributed by atoms with Crippen LogP contribution in [-0.4, -0.2) is 45.7 Å². The fraction of sp³-hybridized carbons (Fsp3) is 1.00. The van der Waals surface area contributed by atoms with Gasteiger partial charge in [0, 0.05) is 0 Å². The van der Waals surface area contributed by atoms with E-state index in [2.05, 4.69) is 0 Å². The van der Waals surface area contributed by atoms with Crippen molar-refractivity contribution in [2.24, 2.45) is 0 Å². The summed E-state index contributed by atoms with van der Waals surface area (Å²) in [5, 5.41) is 8.73. The Balaban J connectivity index is 4.05. The van der Waals surface area contributed by atoms with Crippen LogP contribution in [0.15, 0.2) is 0 Å². The Labute approximate surface area is 86.2 Å². The van der Waals surface area contributed by atoms with Gasteiger partial charge in [-0.05, 0) is 0 Å². The van der Waals surface area contributed by atoms with Crippen LogP contribution in [0, 0.1) is 0 Å². The predicted octanol–water partition coefficient (Wildman–Crippen LogP) is 0.308. The van der Waals surface area contributed by atoms with Gasteiger partial charge in [0.2, 0.25) is 0 Å². The van der Waals surface area contributed by atoms with Gasteiger partial charge in [-0.1, -0.05) is 0 Å². The zero-order valence-corrected chi connectivity index (χ0v) is 11.0. The molecular formula is C7H17AsO4S. The van der Waals surface area contributed by atoms with Crippen LogP contribution in [0.5, 0.6) is 0 Å². The average Bonchev–Trinajstić information content (AvgIpc) is 1.98. The van der Waals surface area contributed by atoms with E-state index in [0.29, 0.717) is 5.21 Å². The van der Waals surface area contributed by atoms with Crippen LogP contribution in [-0.2, 0) is 10.1 Å². The maximum absolute atomic E-state index is 10.6. The summed E-state index contributed by atoms with van der Waals surface area (Å²) >= 11 is -0.552. The summed E-state index contributed by atoms with van der Waals surface area (Å²) in [6.07, 6.45) is 0. The van der Waals surface area contributed by atoms with Crippen LogP contribution in [0.25, 0.3) is 0 Å². The van der Waals surface area contributed by atoms with E-state index in [0.717, 1.165) is 0 Å². The van der Waals surface area contributed by atoms with Crippen molar-refractivity contribution in [3.8, 4) is 0 Å². The van der Waals surface area contributed by atoms with Crippen molar-refractivity contribution in [3.05, 3.63) is 0 Å². The second-order valence-electron chi connectivity index (χ2n) is 3.75. The SMILES string of the molecule is CC(C[AsH]C(C)(C)CO)S(=O)(=O)O. The van der Waals surface area contributed by atoms with Crippen molar-refractivity contribution in [1.82, 2.24) is 0 Å². The van der Waals surface area contributed by atoms with E-state index in [-0.39, 0.29) is 10.8 Å². The molecule has 6 heteroatoms. The summed E-state index contributed by atoms with van der Waals surface area (Å²) in [7, 11) is -3.88. The first-order valence-electron chi connectivity index (χ1n) is 4.01. The summed E-state index contributed by atoms with van der Waals surface area (Å²) in [4.78, 5) is 0. The number of hydrogen-bond acceptors (Lipinski definition) is 3. The summed E-state index contributed by atoms with van der Waals surface area (Å²) in [5.41, 5.74) is 0. The molecule has 0 radical (unpaired) electrons. The van der Waals surface area contributed by atoms with E-state index in [1.807, 2.05) is 13.8 Å². The fourth-order valence-corrected chi connectivity index (χ4v) is 4.55. The summed E-state index contributed by atoms with van der Waals surface area (Å²) in [5.74, 6) is 0. The molecule has 0 saturated carbocycles. The third kappa shape index (κ3) is 5.68. The van der Waals surface area contributed by atoms with Gasteiger partial charge in [-0.15, -0.1) is 0 Å². The number of aliphatic hydroxyl groups is 1. The molecule has 0 aliphatic heterocycles. The molecule has 0 aliphatic rings. The molecule has 2 N–H and O–H groups in total. The molecule has 0 amide bonds. The van der Waals surface area contributed by atoms with E-state index >= 15 is 0 Å². The molecule has 0 rings (SSSR count). The summed E-state index contributed by atoms with van der Waals surface area (Å²) in [6, 6.07) is 0. The molecular weight excluding hydrogens is 255 g/mol. The first kappa shape index (κ1) is 13.4. The van der Waals surface area contributed by atoms with Gasteiger partial charge >= 0.3 is 86.0 Å². The van der Waals surface area contributed by atoms with Gasteiger partial charge in [-0.2, -0.15) is 0 Å². The molecule has 2 unspecified atom stereocenters. The van der Waals surface area contributed by atoms with Crippen LogP contribution >= 0.6 is 0 Å². The molecule has 80 valence electrons. The van der Waals surface area contributed by atoms with Gasteiger partial charge in [-0.3, -0.25) is 0 Å². The monoisotopic (exact) mass is 272 g/mol. The van der Waals surface area contributed by atoms with Gasteiger partial charge in [0.25, 0.3) is 0 Å². The topological polar surface area (TPSA) is 74.6 Å². The fourth-order valence-electron chi connectivity index (χ4n) is 0.581. The molecule has 0 saturated heterocycles. The van der Waals surface area contributed by atoms with Crippen molar-refractivity contribution >= 4 is 25.9 Å². The third-order valence-corrected chi connectivity index (χ3v) is 7.63. The van der Waals surface area contributed by atoms with E-state index in [9.17, 15) is 8.42 Å². The van der Waals surface area contributed by atoms with E-state index < -0.39 is 31.1 Å². The van der Waals surface area contributed by atoms with Crippen molar-refractivity contribution in [3.63, 3.8) is 0 Å². The molecule has 0 bridgehead atoms. The van der Waals surface area contributed by atoms with Gasteiger partial charge in [-0.25, -0.2) is 0 Å². The molecule has 0 aromatic heterocycles. The Bertz CT molecular complexity index is 247. The van der Waals surface area contributed by atoms with Crippen LogP contribution in [0.1, 0.15) is 20.8 Å². The minimum absolute atomic E-state index is 0.0746. The summed E-state index contributed by atoms with van der Waals surface area (Å²) < 4.78 is 29.8. The van der Waals surface area contributed by atoms with Crippen molar-refractivity contribution in [2.75, 3.05) is 6.61 Å². The molecule has 0 fully saturated rings. The standard InChI is InChI=1S/C7H17AsO4S/c1-6(13(10,11)12)4-8-7(2,3)5-9/h6,8-9H,4-5H2,1-3H3,(H,10,11,12). The van der Waals surface area contributed by atoms with Crippen molar-refractivity contribution in [1.29, 1.82) is 0 Å². The normalized spacial score (nSPS) is 16.7. The Morgan fingerprint density at radius 3 is 2.23 bits per heavy atom. The second kappa shape index (κ2) is 4.78. The molecule has 0 aromatic carbocycles. The molecule has 4 nitrogen and oxygen atoms in total. The Morgan fingerprint density at radius 2 is 1.92 bits per heavy atom. The first-order valence-corrected chi connectivity index (χ1v) is 8.05. The number of rotatable bonds is 5. The van der Waals surface area contributed by atoms with Crippen LogP contribution in [0.2, 0.25) is 9.41 Å². The van der Waals surface area contributed by atoms with Gasteiger partial charge < -0.3 is 0 Å². The van der Waals surface area contributed by atoms with E-state index in [4.69, 9.17) is 9.66 Å². The Hall–Kier alpha value is 0.428. The molecule has 0 aromatic rings. The van der Waals surface area contributed by atoms with Gasteiger partial charge in [0.05, 0.1) is 0 Å². The first-order chi connectivity index (χ1) is 5.69. The predicted molar refractivity (Wildman–Crippen MR) is 54.1 cm³/mol. The van der Waals surface area contributed by atoms with Gasteiger partial charge in [0.15, 0.2) is 0 Å². The van der Waals surface area contributed by atoms with Crippen LogP contribution < -0.4 is 0 Å². The minimum atomic E-state index is -3.88. The average molecular weight is 272 g/mol. The zero-order chi connectivity index (χ0) is 10.7. The second-order valence-corrected chi connectivity index (χ2v) is 10.0.